The van der Waals surface area contributed by atoms with Gasteiger partial charge >= 0.3 is 11.9 Å². The molecule has 0 unspecified atom stereocenters. The highest BCUT2D eigenvalue weighted by Gasteiger charge is 2.31. The second-order valence-electron chi connectivity index (χ2n) is 8.30. The summed E-state index contributed by atoms with van der Waals surface area (Å²) in [5.74, 6) is -0.490. The maximum Gasteiger partial charge on any atom is 0.416 e. The molecule has 8 nitrogen and oxygen atoms in total. The lowest BCUT2D eigenvalue weighted by atomic mass is 10.2. The first-order chi connectivity index (χ1) is 16.2. The average Bonchev–Trinajstić information content (AvgIpc) is 3.27. The average molecular weight is 498 g/mol. The molecule has 4 rings (SSSR count). The van der Waals surface area contributed by atoms with Gasteiger partial charge in [-0.05, 0) is 44.5 Å². The summed E-state index contributed by atoms with van der Waals surface area (Å²) in [6, 6.07) is 2.90. The molecule has 1 aromatic heterocycles. The van der Waals surface area contributed by atoms with E-state index >= 15 is 0 Å². The number of thioether (sulfide) groups is 1. The fraction of sp³-hybridized carbons (Fsp3) is 0.500. The molecule has 184 valence electrons. The summed E-state index contributed by atoms with van der Waals surface area (Å²) in [5.41, 5.74) is 0.586. The maximum atomic E-state index is 13.1. The van der Waals surface area contributed by atoms with Crippen LogP contribution in [0.25, 0.3) is 0 Å². The minimum Gasteiger partial charge on any atom is -0.495 e. The summed E-state index contributed by atoms with van der Waals surface area (Å²) in [7, 11) is 3.36. The summed E-state index contributed by atoms with van der Waals surface area (Å²) < 4.78 is 45.9. The number of hydrogen-bond donors (Lipinski definition) is 1. The largest absolute Gasteiger partial charge is 0.495 e. The van der Waals surface area contributed by atoms with Crippen LogP contribution in [0.1, 0.15) is 23.2 Å². The molecule has 0 spiro atoms. The number of ether oxygens (including phenoxy) is 1. The molecular formula is C22H26F3N5O3S. The highest BCUT2D eigenvalue weighted by Crippen LogP contribution is 2.35. The third kappa shape index (κ3) is 5.17. The van der Waals surface area contributed by atoms with E-state index in [1.807, 2.05) is 12.1 Å². The van der Waals surface area contributed by atoms with Crippen LogP contribution in [0.4, 0.5) is 18.9 Å². The molecule has 2 heterocycles. The first-order valence-corrected chi connectivity index (χ1v) is 11.9. The molecule has 34 heavy (non-hydrogen) atoms. The Balaban J connectivity index is 1.49. The van der Waals surface area contributed by atoms with E-state index in [1.54, 1.807) is 4.68 Å². The first-order valence-electron chi connectivity index (χ1n) is 10.9. The molecule has 1 aromatic carbocycles. The summed E-state index contributed by atoms with van der Waals surface area (Å²) in [5, 5.41) is 5.02. The van der Waals surface area contributed by atoms with Gasteiger partial charge in [0.2, 0.25) is 5.91 Å². The predicted molar refractivity (Wildman–Crippen MR) is 123 cm³/mol. The van der Waals surface area contributed by atoms with Crippen molar-refractivity contribution < 1.29 is 22.7 Å². The monoisotopic (exact) mass is 497 g/mol. The van der Waals surface area contributed by atoms with Crippen molar-refractivity contribution in [2.24, 2.45) is 0 Å². The number of anilines is 1. The van der Waals surface area contributed by atoms with E-state index in [0.717, 1.165) is 86.7 Å². The number of benzene rings is 1. The van der Waals surface area contributed by atoms with Crippen LogP contribution in [0.3, 0.4) is 0 Å². The SMILES string of the molecule is COc1ccc(C(F)(F)F)cc1NC(=O)CSc1nc(=O)n(N2CCN(C)CC2)c2c1CCC2. The Morgan fingerprint density at radius 1 is 1.21 bits per heavy atom. The zero-order valence-electron chi connectivity index (χ0n) is 18.9. The lowest BCUT2D eigenvalue weighted by Gasteiger charge is -2.35. The maximum absolute atomic E-state index is 13.1. The van der Waals surface area contributed by atoms with Gasteiger partial charge in [0, 0.05) is 31.7 Å². The molecule has 2 aromatic rings. The number of carbonyl (C=O) groups is 1. The number of nitrogens with zero attached hydrogens (tertiary/aromatic N) is 4. The molecule has 1 N–H and O–H groups in total. The van der Waals surface area contributed by atoms with Crippen molar-refractivity contribution in [3.05, 3.63) is 45.5 Å². The normalized spacial score (nSPS) is 16.4. The van der Waals surface area contributed by atoms with Crippen molar-refractivity contribution in [3.63, 3.8) is 0 Å². The van der Waals surface area contributed by atoms with Crippen molar-refractivity contribution in [2.45, 2.75) is 30.5 Å². The minimum atomic E-state index is -4.54. The van der Waals surface area contributed by atoms with Crippen LogP contribution < -0.4 is 20.8 Å². The third-order valence-corrected chi connectivity index (χ3v) is 7.00. The Kier molecular flexibility index (Phi) is 7.08. The Hall–Kier alpha value is -2.73. The summed E-state index contributed by atoms with van der Waals surface area (Å²) >= 11 is 1.12. The molecule has 2 aliphatic rings. The number of piperazine rings is 1. The molecule has 1 amide bonds. The second kappa shape index (κ2) is 9.87. The molecule has 0 bridgehead atoms. The predicted octanol–water partition coefficient (Wildman–Crippen LogP) is 2.37. The summed E-state index contributed by atoms with van der Waals surface area (Å²) in [6.45, 7) is 3.18. The van der Waals surface area contributed by atoms with Crippen molar-refractivity contribution >= 4 is 23.4 Å². The van der Waals surface area contributed by atoms with Crippen LogP contribution in [0.5, 0.6) is 5.75 Å². The highest BCUT2D eigenvalue weighted by atomic mass is 32.2. The number of nitrogens with one attached hydrogen (secondary N) is 1. The van der Waals surface area contributed by atoms with Gasteiger partial charge in [-0.15, -0.1) is 0 Å². The smallest absolute Gasteiger partial charge is 0.416 e. The number of methoxy groups -OCH3 is 1. The number of carbonyl (C=O) groups excluding carboxylic acids is 1. The molecule has 1 fully saturated rings. The molecule has 12 heteroatoms. The van der Waals surface area contributed by atoms with E-state index in [0.29, 0.717) is 5.03 Å². The van der Waals surface area contributed by atoms with Crippen molar-refractivity contribution in [2.75, 3.05) is 56.4 Å². The van der Waals surface area contributed by atoms with Gasteiger partial charge < -0.3 is 20.0 Å². The van der Waals surface area contributed by atoms with E-state index in [1.165, 1.54) is 7.11 Å². The van der Waals surface area contributed by atoms with Crippen LogP contribution >= 0.6 is 11.8 Å². The fourth-order valence-electron chi connectivity index (χ4n) is 4.22. The van der Waals surface area contributed by atoms with E-state index in [2.05, 4.69) is 15.2 Å². The van der Waals surface area contributed by atoms with Gasteiger partial charge in [-0.1, -0.05) is 11.8 Å². The minimum absolute atomic E-state index is 0.0633. The number of amides is 1. The number of likely N-dealkylation sites (N-methyl/N-ethyl adjacent to an activating group) is 1. The van der Waals surface area contributed by atoms with Crippen molar-refractivity contribution in [3.8, 4) is 5.75 Å². The first kappa shape index (κ1) is 24.4. The lowest BCUT2D eigenvalue weighted by molar-refractivity contribution is -0.137. The topological polar surface area (TPSA) is 79.7 Å². The van der Waals surface area contributed by atoms with E-state index in [9.17, 15) is 22.8 Å². The standard InChI is InChI=1S/C22H26F3N5O3S/c1-28-8-10-29(11-9-28)30-17-5-3-4-15(17)20(27-21(30)32)34-13-19(31)26-16-12-14(22(23,24)25)6-7-18(16)33-2/h6-7,12H,3-5,8-11,13H2,1-2H3,(H,26,31). The number of rotatable bonds is 6. The molecular weight excluding hydrogens is 471 g/mol. The van der Waals surface area contributed by atoms with Gasteiger partial charge in [-0.3, -0.25) is 4.79 Å². The van der Waals surface area contributed by atoms with E-state index < -0.39 is 17.6 Å². The van der Waals surface area contributed by atoms with Crippen LogP contribution in [0.2, 0.25) is 0 Å². The van der Waals surface area contributed by atoms with Crippen molar-refractivity contribution in [1.82, 2.24) is 14.6 Å². The van der Waals surface area contributed by atoms with Gasteiger partial charge in [0.05, 0.1) is 29.8 Å². The summed E-state index contributed by atoms with van der Waals surface area (Å²) in [4.78, 5) is 31.9. The number of aromatic nitrogens is 2. The molecule has 1 aliphatic heterocycles. The van der Waals surface area contributed by atoms with E-state index in [-0.39, 0.29) is 22.9 Å². The Bertz CT molecular complexity index is 1130. The highest BCUT2D eigenvalue weighted by molar-refractivity contribution is 8.00. The molecule has 0 atom stereocenters. The van der Waals surface area contributed by atoms with Crippen molar-refractivity contribution in [1.29, 1.82) is 0 Å². The molecule has 1 aliphatic carbocycles. The van der Waals surface area contributed by atoms with Crippen LogP contribution in [-0.4, -0.2) is 66.6 Å². The van der Waals surface area contributed by atoms with E-state index in [4.69, 9.17) is 4.74 Å². The molecule has 0 saturated carbocycles. The quantitative estimate of drug-likeness (QED) is 0.485. The van der Waals surface area contributed by atoms with Crippen LogP contribution in [-0.2, 0) is 23.8 Å². The zero-order valence-corrected chi connectivity index (χ0v) is 19.8. The van der Waals surface area contributed by atoms with Crippen LogP contribution in [0, 0.1) is 0 Å². The van der Waals surface area contributed by atoms with Crippen LogP contribution in [0.15, 0.2) is 28.0 Å². The molecule has 0 radical (unpaired) electrons. The molecule has 1 saturated heterocycles. The fourth-order valence-corrected chi connectivity index (χ4v) is 5.09. The van der Waals surface area contributed by atoms with Gasteiger partial charge in [0.25, 0.3) is 0 Å². The van der Waals surface area contributed by atoms with Gasteiger partial charge in [-0.25, -0.2) is 9.47 Å². The second-order valence-corrected chi connectivity index (χ2v) is 9.26. The van der Waals surface area contributed by atoms with Gasteiger partial charge in [0.1, 0.15) is 10.8 Å². The number of halogens is 3. The Labute approximate surface area is 199 Å². The summed E-state index contributed by atoms with van der Waals surface area (Å²) in [6.07, 6.45) is -2.11. The van der Waals surface area contributed by atoms with Gasteiger partial charge in [0.15, 0.2) is 0 Å². The zero-order chi connectivity index (χ0) is 24.5. The lowest BCUT2D eigenvalue weighted by Crippen LogP contribution is -2.54. The number of fused-ring (bicyclic) bond motifs is 1. The third-order valence-electron chi connectivity index (χ3n) is 5.98. The van der Waals surface area contributed by atoms with Gasteiger partial charge in [-0.2, -0.15) is 18.2 Å². The Morgan fingerprint density at radius 2 is 1.94 bits per heavy atom. The Morgan fingerprint density at radius 3 is 2.62 bits per heavy atom. The number of alkyl halides is 3. The number of hydrogen-bond acceptors (Lipinski definition) is 7.